The Balaban J connectivity index is 0.00000132. The van der Waals surface area contributed by atoms with Gasteiger partial charge in [0.25, 0.3) is 0 Å². The van der Waals surface area contributed by atoms with Crippen LogP contribution in [0.5, 0.6) is 0 Å². The van der Waals surface area contributed by atoms with Crippen LogP contribution in [0.4, 0.5) is 0 Å². The Morgan fingerprint density at radius 3 is 3.10 bits per heavy atom. The molecule has 0 saturated carbocycles. The predicted octanol–water partition coefficient (Wildman–Crippen LogP) is 4.70. The van der Waals surface area contributed by atoms with Crippen LogP contribution in [-0.2, 0) is 6.54 Å². The number of imidazole rings is 1. The lowest BCUT2D eigenvalue weighted by atomic mass is 9.76. The van der Waals surface area contributed by atoms with E-state index in [1.54, 1.807) is 16.7 Å². The predicted molar refractivity (Wildman–Crippen MR) is 88.4 cm³/mol. The summed E-state index contributed by atoms with van der Waals surface area (Å²) < 4.78 is 2.25. The molecule has 112 valence electrons. The van der Waals surface area contributed by atoms with Gasteiger partial charge in [0.1, 0.15) is 0 Å². The monoisotopic (exact) mass is 302 g/mol. The summed E-state index contributed by atoms with van der Waals surface area (Å²) in [6.45, 7) is 1.14. The third-order valence-corrected chi connectivity index (χ3v) is 5.13. The van der Waals surface area contributed by atoms with Gasteiger partial charge >= 0.3 is 0 Å². The summed E-state index contributed by atoms with van der Waals surface area (Å²) in [4.78, 5) is 4.18. The summed E-state index contributed by atoms with van der Waals surface area (Å²) >= 11 is 0. The lowest BCUT2D eigenvalue weighted by Gasteiger charge is -2.29. The van der Waals surface area contributed by atoms with Gasteiger partial charge in [-0.1, -0.05) is 23.8 Å². The quantitative estimate of drug-likeness (QED) is 0.774. The average Bonchev–Trinajstić information content (AvgIpc) is 2.91. The second-order valence-electron chi connectivity index (χ2n) is 6.45. The first-order valence-electron chi connectivity index (χ1n) is 7.95. The summed E-state index contributed by atoms with van der Waals surface area (Å²) in [6, 6.07) is 0. The number of halogens is 1. The van der Waals surface area contributed by atoms with Crippen molar-refractivity contribution in [3.05, 3.63) is 53.7 Å². The van der Waals surface area contributed by atoms with Crippen molar-refractivity contribution >= 4 is 12.4 Å². The molecule has 21 heavy (non-hydrogen) atoms. The van der Waals surface area contributed by atoms with Crippen LogP contribution >= 0.6 is 12.4 Å². The van der Waals surface area contributed by atoms with Gasteiger partial charge in [-0.15, -0.1) is 12.4 Å². The minimum atomic E-state index is 0. The second-order valence-corrected chi connectivity index (χ2v) is 6.45. The van der Waals surface area contributed by atoms with Gasteiger partial charge in [0.2, 0.25) is 0 Å². The lowest BCUT2D eigenvalue weighted by Crippen LogP contribution is -2.16. The fourth-order valence-electron chi connectivity index (χ4n) is 4.24. The molecule has 4 rings (SSSR count). The van der Waals surface area contributed by atoms with Crippen molar-refractivity contribution in [1.82, 2.24) is 9.55 Å². The van der Waals surface area contributed by atoms with Gasteiger partial charge in [0.15, 0.2) is 0 Å². The van der Waals surface area contributed by atoms with E-state index in [0.29, 0.717) is 0 Å². The van der Waals surface area contributed by atoms with E-state index in [2.05, 4.69) is 34.0 Å². The third-order valence-electron chi connectivity index (χ3n) is 5.13. The minimum Gasteiger partial charge on any atom is -0.337 e. The number of allylic oxidation sites excluding steroid dienone is 6. The van der Waals surface area contributed by atoms with E-state index in [9.17, 15) is 0 Å². The van der Waals surface area contributed by atoms with Crippen LogP contribution in [0.3, 0.4) is 0 Å². The zero-order chi connectivity index (χ0) is 13.4. The Morgan fingerprint density at radius 1 is 1.29 bits per heavy atom. The molecule has 0 aromatic carbocycles. The van der Waals surface area contributed by atoms with E-state index in [-0.39, 0.29) is 12.4 Å². The highest BCUT2D eigenvalue weighted by Crippen LogP contribution is 2.44. The summed E-state index contributed by atoms with van der Waals surface area (Å²) in [5.41, 5.74) is 5.04. The maximum Gasteiger partial charge on any atom is 0.0945 e. The Bertz CT molecular complexity index is 580. The molecule has 0 N–H and O–H groups in total. The van der Waals surface area contributed by atoms with E-state index in [1.807, 2.05) is 12.5 Å². The van der Waals surface area contributed by atoms with Crippen molar-refractivity contribution in [2.75, 3.05) is 0 Å². The molecular formula is C18H23ClN2. The molecule has 0 radical (unpaired) electrons. The standard InChI is InChI=1S/C18H22N2.ClH/c1-3-15-4-2-6-17-11-14(12-20-10-9-19-13-20)7-8-16(5-1)18(15)17;/h2-4,9-10,13-14,17H,1,5-8,11-12H2;1H/t14-,17+;/m0./s1. The van der Waals surface area contributed by atoms with Crippen LogP contribution in [0.1, 0.15) is 38.5 Å². The number of nitrogens with zero attached hydrogens (tertiary/aromatic N) is 2. The van der Waals surface area contributed by atoms with E-state index in [4.69, 9.17) is 0 Å². The maximum atomic E-state index is 4.18. The maximum absolute atomic E-state index is 4.18. The Hall–Kier alpha value is -1.28. The van der Waals surface area contributed by atoms with Crippen LogP contribution in [0, 0.1) is 11.8 Å². The van der Waals surface area contributed by atoms with Crippen molar-refractivity contribution in [2.45, 2.75) is 45.1 Å². The zero-order valence-electron chi connectivity index (χ0n) is 12.4. The highest BCUT2D eigenvalue weighted by Gasteiger charge is 2.30. The Kier molecular flexibility index (Phi) is 4.34. The zero-order valence-corrected chi connectivity index (χ0v) is 13.2. The fourth-order valence-corrected chi connectivity index (χ4v) is 4.24. The molecule has 1 aromatic heterocycles. The van der Waals surface area contributed by atoms with Crippen LogP contribution in [0.2, 0.25) is 0 Å². The number of aromatic nitrogens is 2. The first-order chi connectivity index (χ1) is 9.90. The van der Waals surface area contributed by atoms with Crippen LogP contribution in [-0.4, -0.2) is 9.55 Å². The highest BCUT2D eigenvalue weighted by molar-refractivity contribution is 5.85. The molecule has 0 spiro atoms. The van der Waals surface area contributed by atoms with Gasteiger partial charge in [-0.2, -0.15) is 0 Å². The van der Waals surface area contributed by atoms with E-state index < -0.39 is 0 Å². The van der Waals surface area contributed by atoms with E-state index in [0.717, 1.165) is 18.4 Å². The fraction of sp³-hybridized carbons (Fsp3) is 0.500. The molecule has 1 heterocycles. The lowest BCUT2D eigenvalue weighted by molar-refractivity contribution is 0.352. The smallest absolute Gasteiger partial charge is 0.0945 e. The number of hydrogen-bond acceptors (Lipinski definition) is 1. The summed E-state index contributed by atoms with van der Waals surface area (Å²) in [5.74, 6) is 1.57. The highest BCUT2D eigenvalue weighted by atomic mass is 35.5. The van der Waals surface area contributed by atoms with Gasteiger partial charge in [-0.3, -0.25) is 0 Å². The van der Waals surface area contributed by atoms with Crippen LogP contribution in [0.15, 0.2) is 53.7 Å². The molecule has 2 nitrogen and oxygen atoms in total. The average molecular weight is 303 g/mol. The molecule has 0 amide bonds. The van der Waals surface area contributed by atoms with Gasteiger partial charge in [-0.05, 0) is 61.5 Å². The molecular weight excluding hydrogens is 280 g/mol. The minimum absolute atomic E-state index is 0. The number of hydrogen-bond donors (Lipinski definition) is 0. The van der Waals surface area contributed by atoms with E-state index in [1.165, 1.54) is 38.5 Å². The van der Waals surface area contributed by atoms with E-state index >= 15 is 0 Å². The Morgan fingerprint density at radius 2 is 2.24 bits per heavy atom. The van der Waals surface area contributed by atoms with Gasteiger partial charge in [0, 0.05) is 18.9 Å². The molecule has 0 unspecified atom stereocenters. The molecule has 3 aliphatic carbocycles. The summed E-state index contributed by atoms with van der Waals surface area (Å²) in [6.07, 6.45) is 21.0. The van der Waals surface area contributed by atoms with Crippen molar-refractivity contribution in [3.63, 3.8) is 0 Å². The molecule has 2 atom stereocenters. The van der Waals surface area contributed by atoms with Crippen molar-refractivity contribution in [3.8, 4) is 0 Å². The third kappa shape index (κ3) is 2.87. The summed E-state index contributed by atoms with van der Waals surface area (Å²) in [5, 5.41) is 0. The largest absolute Gasteiger partial charge is 0.337 e. The molecule has 0 fully saturated rings. The molecule has 3 aliphatic rings. The van der Waals surface area contributed by atoms with Gasteiger partial charge < -0.3 is 4.57 Å². The number of rotatable bonds is 2. The van der Waals surface area contributed by atoms with Crippen LogP contribution < -0.4 is 0 Å². The Labute approximate surface area is 133 Å². The molecule has 0 bridgehead atoms. The second kappa shape index (κ2) is 6.23. The van der Waals surface area contributed by atoms with Crippen molar-refractivity contribution in [1.29, 1.82) is 0 Å². The normalized spacial score (nSPS) is 27.5. The molecule has 3 heteroatoms. The SMILES string of the molecule is C1=CC2=CCCC3=C2[C@H](C1)C[C@@H](Cn1ccnc1)CC3.Cl. The molecule has 1 aromatic rings. The van der Waals surface area contributed by atoms with Crippen LogP contribution in [0.25, 0.3) is 0 Å². The topological polar surface area (TPSA) is 17.8 Å². The van der Waals surface area contributed by atoms with Crippen molar-refractivity contribution in [2.24, 2.45) is 11.8 Å². The first-order valence-corrected chi connectivity index (χ1v) is 7.95. The van der Waals surface area contributed by atoms with Gasteiger partial charge in [0.05, 0.1) is 6.33 Å². The van der Waals surface area contributed by atoms with Gasteiger partial charge in [-0.25, -0.2) is 4.98 Å². The van der Waals surface area contributed by atoms with Crippen molar-refractivity contribution < 1.29 is 0 Å². The molecule has 0 saturated heterocycles. The molecule has 0 aliphatic heterocycles. The summed E-state index contributed by atoms with van der Waals surface area (Å²) in [7, 11) is 0. The first kappa shape index (κ1) is 14.6.